The number of alkyl halides is 3. The van der Waals surface area contributed by atoms with Crippen molar-refractivity contribution in [1.29, 1.82) is 0 Å². The zero-order valence-electron chi connectivity index (χ0n) is 12.5. The summed E-state index contributed by atoms with van der Waals surface area (Å²) in [6.07, 6.45) is -4.07. The molecule has 0 fully saturated rings. The second-order valence-corrected chi connectivity index (χ2v) is 5.05. The van der Waals surface area contributed by atoms with Crippen molar-refractivity contribution in [3.8, 4) is 0 Å². The van der Waals surface area contributed by atoms with Crippen LogP contribution in [0.1, 0.15) is 12.0 Å². The molecule has 1 amide bonds. The van der Waals surface area contributed by atoms with Crippen LogP contribution in [0.25, 0.3) is 0 Å². The number of carbonyl (C=O) groups is 2. The number of halogens is 4. The number of carboxylic acid groups (broad SMARTS) is 1. The number of hydrogen-bond donors (Lipinski definition) is 3. The van der Waals surface area contributed by atoms with Crippen molar-refractivity contribution in [2.45, 2.75) is 18.6 Å². The van der Waals surface area contributed by atoms with Gasteiger partial charge in [0.1, 0.15) is 5.82 Å². The lowest BCUT2D eigenvalue weighted by Crippen LogP contribution is -2.44. The van der Waals surface area contributed by atoms with E-state index in [1.165, 1.54) is 7.11 Å². The topological polar surface area (TPSA) is 101 Å². The predicted octanol–water partition coefficient (Wildman–Crippen LogP) is 1.77. The van der Waals surface area contributed by atoms with Crippen LogP contribution in [0.4, 0.5) is 19.0 Å². The van der Waals surface area contributed by atoms with Crippen LogP contribution in [-0.4, -0.2) is 48.3 Å². The minimum Gasteiger partial charge on any atom is -0.480 e. The monoisotopic (exact) mass is 369 g/mol. The molecule has 1 aromatic rings. The van der Waals surface area contributed by atoms with Gasteiger partial charge >= 0.3 is 12.1 Å². The van der Waals surface area contributed by atoms with E-state index in [1.54, 1.807) is 0 Å². The fraction of sp³-hybridized carbons (Fsp3) is 0.462. The zero-order valence-corrected chi connectivity index (χ0v) is 13.2. The molecule has 0 aliphatic rings. The van der Waals surface area contributed by atoms with Gasteiger partial charge in [-0.15, -0.1) is 0 Å². The van der Waals surface area contributed by atoms with E-state index >= 15 is 0 Å². The molecule has 24 heavy (non-hydrogen) atoms. The fourth-order valence-corrected chi connectivity index (χ4v) is 1.86. The molecule has 0 radical (unpaired) electrons. The Morgan fingerprint density at radius 1 is 1.46 bits per heavy atom. The van der Waals surface area contributed by atoms with Gasteiger partial charge in [-0.05, 0) is 6.07 Å². The van der Waals surface area contributed by atoms with Crippen molar-refractivity contribution >= 4 is 29.3 Å². The maximum Gasteiger partial charge on any atom is 0.417 e. The molecule has 3 N–H and O–H groups in total. The summed E-state index contributed by atoms with van der Waals surface area (Å²) in [4.78, 5) is 26.0. The van der Waals surface area contributed by atoms with E-state index < -0.39 is 29.7 Å². The van der Waals surface area contributed by atoms with Crippen molar-refractivity contribution in [3.05, 3.63) is 22.8 Å². The molecule has 0 aliphatic heterocycles. The van der Waals surface area contributed by atoms with Crippen molar-refractivity contribution in [2.75, 3.05) is 25.6 Å². The van der Waals surface area contributed by atoms with Gasteiger partial charge in [-0.3, -0.25) is 4.79 Å². The van der Waals surface area contributed by atoms with Gasteiger partial charge in [0.2, 0.25) is 5.91 Å². The SMILES string of the molecule is COCC(NC(=O)CCNc1ncc(C(F)(F)F)cc1Cl)C(=O)O. The lowest BCUT2D eigenvalue weighted by atomic mass is 10.2. The van der Waals surface area contributed by atoms with Crippen LogP contribution in [0.5, 0.6) is 0 Å². The number of aliphatic carboxylic acids is 1. The Labute approximate surface area is 140 Å². The van der Waals surface area contributed by atoms with Crippen molar-refractivity contribution in [3.63, 3.8) is 0 Å². The lowest BCUT2D eigenvalue weighted by molar-refractivity contribution is -0.143. The number of aromatic nitrogens is 1. The Bertz CT molecular complexity index is 598. The number of carboxylic acids is 1. The molecule has 0 aliphatic carbocycles. The Kier molecular flexibility index (Phi) is 7.23. The molecule has 1 aromatic heterocycles. The molecule has 0 spiro atoms. The number of nitrogens with one attached hydrogen (secondary N) is 2. The van der Waals surface area contributed by atoms with Crippen molar-refractivity contribution < 1.29 is 32.6 Å². The molecule has 1 rings (SSSR count). The molecule has 1 atom stereocenters. The van der Waals surface area contributed by atoms with Gasteiger partial charge in [-0.25, -0.2) is 9.78 Å². The van der Waals surface area contributed by atoms with Crippen molar-refractivity contribution in [2.24, 2.45) is 0 Å². The third-order valence-corrected chi connectivity index (χ3v) is 3.07. The zero-order chi connectivity index (χ0) is 18.3. The first-order valence-corrected chi connectivity index (χ1v) is 7.00. The van der Waals surface area contributed by atoms with E-state index in [-0.39, 0.29) is 30.4 Å². The molecule has 7 nitrogen and oxygen atoms in total. The van der Waals surface area contributed by atoms with Gasteiger partial charge < -0.3 is 20.5 Å². The van der Waals surface area contributed by atoms with E-state index in [0.717, 1.165) is 6.07 Å². The Balaban J connectivity index is 2.52. The summed E-state index contributed by atoms with van der Waals surface area (Å²) in [7, 11) is 1.29. The normalized spacial score (nSPS) is 12.5. The highest BCUT2D eigenvalue weighted by atomic mass is 35.5. The van der Waals surface area contributed by atoms with Crippen LogP contribution in [-0.2, 0) is 20.5 Å². The smallest absolute Gasteiger partial charge is 0.417 e. The summed E-state index contributed by atoms with van der Waals surface area (Å²) in [5.41, 5.74) is -0.986. The maximum atomic E-state index is 12.5. The van der Waals surface area contributed by atoms with Gasteiger partial charge in [0.05, 0.1) is 17.2 Å². The minimum atomic E-state index is -4.55. The number of methoxy groups -OCH3 is 1. The van der Waals surface area contributed by atoms with Crippen LogP contribution in [0.3, 0.4) is 0 Å². The summed E-state index contributed by atoms with van der Waals surface area (Å²) in [5.74, 6) is -1.83. The number of carbonyl (C=O) groups excluding carboxylic acids is 1. The summed E-state index contributed by atoms with van der Waals surface area (Å²) >= 11 is 5.70. The second-order valence-electron chi connectivity index (χ2n) is 4.64. The summed E-state index contributed by atoms with van der Waals surface area (Å²) < 4.78 is 42.1. The van der Waals surface area contributed by atoms with Gasteiger partial charge in [-0.2, -0.15) is 13.2 Å². The van der Waals surface area contributed by atoms with E-state index in [2.05, 4.69) is 20.4 Å². The van der Waals surface area contributed by atoms with E-state index in [0.29, 0.717) is 6.20 Å². The van der Waals surface area contributed by atoms with Crippen LogP contribution in [0.15, 0.2) is 12.3 Å². The molecule has 1 heterocycles. The largest absolute Gasteiger partial charge is 0.480 e. The Hall–Kier alpha value is -2.07. The number of nitrogens with zero attached hydrogens (tertiary/aromatic N) is 1. The van der Waals surface area contributed by atoms with Gasteiger partial charge in [0.25, 0.3) is 0 Å². The number of amides is 1. The number of rotatable bonds is 8. The molecule has 1 unspecified atom stereocenters. The standard InChI is InChI=1S/C13H15ClF3N3O4/c1-24-6-9(12(22)23)20-10(21)2-3-18-11-8(14)4-7(5-19-11)13(15,16)17/h4-5,9H,2-3,6H2,1H3,(H,18,19)(H,20,21)(H,22,23). The van der Waals surface area contributed by atoms with E-state index in [4.69, 9.17) is 16.7 Å². The Morgan fingerprint density at radius 3 is 2.62 bits per heavy atom. The summed E-state index contributed by atoms with van der Waals surface area (Å²) in [6, 6.07) is -0.467. The van der Waals surface area contributed by atoms with Gasteiger partial charge in [-0.1, -0.05) is 11.6 Å². The maximum absolute atomic E-state index is 12.5. The molecule has 0 saturated heterocycles. The number of anilines is 1. The lowest BCUT2D eigenvalue weighted by Gasteiger charge is -2.14. The first-order valence-electron chi connectivity index (χ1n) is 6.63. The van der Waals surface area contributed by atoms with Crippen LogP contribution < -0.4 is 10.6 Å². The van der Waals surface area contributed by atoms with Crippen LogP contribution in [0, 0.1) is 0 Å². The predicted molar refractivity (Wildman–Crippen MR) is 78.8 cm³/mol. The van der Waals surface area contributed by atoms with Gasteiger partial charge in [0.15, 0.2) is 6.04 Å². The van der Waals surface area contributed by atoms with Gasteiger partial charge in [0, 0.05) is 26.3 Å². The fourth-order valence-electron chi connectivity index (χ4n) is 1.63. The molecular formula is C13H15ClF3N3O4. The number of hydrogen-bond acceptors (Lipinski definition) is 5. The highest BCUT2D eigenvalue weighted by molar-refractivity contribution is 6.32. The molecule has 0 bridgehead atoms. The average molecular weight is 370 g/mol. The molecule has 0 aromatic carbocycles. The second kappa shape index (κ2) is 8.69. The summed E-state index contributed by atoms with van der Waals surface area (Å²) in [6.45, 7) is -0.190. The van der Waals surface area contributed by atoms with Crippen LogP contribution in [0.2, 0.25) is 5.02 Å². The molecule has 134 valence electrons. The molecule has 11 heteroatoms. The third kappa shape index (κ3) is 6.20. The van der Waals surface area contributed by atoms with Crippen molar-refractivity contribution in [1.82, 2.24) is 10.3 Å². The number of ether oxygens (including phenoxy) is 1. The highest BCUT2D eigenvalue weighted by Gasteiger charge is 2.31. The minimum absolute atomic E-state index is 0.00321. The Morgan fingerprint density at radius 2 is 2.12 bits per heavy atom. The third-order valence-electron chi connectivity index (χ3n) is 2.78. The molecular weight excluding hydrogens is 355 g/mol. The first kappa shape index (κ1) is 20.0. The quantitative estimate of drug-likeness (QED) is 0.645. The molecule has 0 saturated carbocycles. The van der Waals surface area contributed by atoms with E-state index in [1.807, 2.05) is 0 Å². The number of pyridine rings is 1. The van der Waals surface area contributed by atoms with E-state index in [9.17, 15) is 22.8 Å². The summed E-state index contributed by atoms with van der Waals surface area (Å²) in [5, 5.41) is 13.5. The first-order chi connectivity index (χ1) is 11.1. The highest BCUT2D eigenvalue weighted by Crippen LogP contribution is 2.32. The van der Waals surface area contributed by atoms with Crippen LogP contribution >= 0.6 is 11.6 Å². The average Bonchev–Trinajstić information content (AvgIpc) is 2.47.